The maximum atomic E-state index is 11.4. The Kier molecular flexibility index (Phi) is 4.41. The van der Waals surface area contributed by atoms with Crippen molar-refractivity contribution in [3.05, 3.63) is 53.6 Å². The van der Waals surface area contributed by atoms with E-state index in [0.29, 0.717) is 12.2 Å². The fourth-order valence-electron chi connectivity index (χ4n) is 2.00. The first kappa shape index (κ1) is 14.1. The summed E-state index contributed by atoms with van der Waals surface area (Å²) in [5, 5.41) is 3.33. The fourth-order valence-corrected chi connectivity index (χ4v) is 2.00. The predicted octanol–water partition coefficient (Wildman–Crippen LogP) is 4.34. The highest BCUT2D eigenvalue weighted by Crippen LogP contribution is 2.25. The Morgan fingerprint density at radius 1 is 1.20 bits per heavy atom. The monoisotopic (exact) mass is 269 g/mol. The molecule has 0 aromatic heterocycles. The molecule has 0 bridgehead atoms. The molecule has 0 aliphatic heterocycles. The normalized spacial score (nSPS) is 10.2. The molecule has 0 radical (unpaired) electrons. The van der Waals surface area contributed by atoms with Crippen LogP contribution < -0.4 is 10.1 Å². The first-order valence-electron chi connectivity index (χ1n) is 6.71. The van der Waals surface area contributed by atoms with Gasteiger partial charge in [-0.1, -0.05) is 12.1 Å². The second-order valence-electron chi connectivity index (χ2n) is 4.67. The molecule has 1 N–H and O–H groups in total. The van der Waals surface area contributed by atoms with E-state index in [4.69, 9.17) is 4.74 Å². The second kappa shape index (κ2) is 6.24. The van der Waals surface area contributed by atoms with E-state index in [2.05, 4.69) is 5.32 Å². The van der Waals surface area contributed by atoms with Gasteiger partial charge in [0.2, 0.25) is 0 Å². The topological polar surface area (TPSA) is 38.3 Å². The molecule has 0 aliphatic carbocycles. The number of aryl methyl sites for hydroxylation is 1. The first-order chi connectivity index (χ1) is 9.60. The third-order valence-electron chi connectivity index (χ3n) is 3.06. The van der Waals surface area contributed by atoms with Crippen molar-refractivity contribution < 1.29 is 9.53 Å². The number of nitrogens with one attached hydrogen (secondary N) is 1. The number of carbonyl (C=O) groups excluding carboxylic acids is 1. The van der Waals surface area contributed by atoms with Crippen molar-refractivity contribution in [3.8, 4) is 5.75 Å². The number of benzene rings is 2. The lowest BCUT2D eigenvalue weighted by Crippen LogP contribution is -1.98. The summed E-state index contributed by atoms with van der Waals surface area (Å²) in [4.78, 5) is 11.4. The van der Waals surface area contributed by atoms with Gasteiger partial charge in [0.1, 0.15) is 5.75 Å². The van der Waals surface area contributed by atoms with E-state index in [0.717, 1.165) is 22.7 Å². The molecule has 0 fully saturated rings. The quantitative estimate of drug-likeness (QED) is 0.820. The number of ether oxygens (including phenoxy) is 1. The number of hydrogen-bond donors (Lipinski definition) is 1. The van der Waals surface area contributed by atoms with Crippen molar-refractivity contribution in [2.45, 2.75) is 20.8 Å². The van der Waals surface area contributed by atoms with Crippen molar-refractivity contribution in [2.75, 3.05) is 11.9 Å². The summed E-state index contributed by atoms with van der Waals surface area (Å²) < 4.78 is 5.47. The molecule has 2 rings (SSSR count). The molecule has 104 valence electrons. The van der Waals surface area contributed by atoms with E-state index >= 15 is 0 Å². The van der Waals surface area contributed by atoms with Crippen LogP contribution in [0.5, 0.6) is 5.75 Å². The zero-order valence-electron chi connectivity index (χ0n) is 12.1. The Labute approximate surface area is 119 Å². The van der Waals surface area contributed by atoms with Crippen molar-refractivity contribution in [3.63, 3.8) is 0 Å². The Hall–Kier alpha value is -2.29. The third-order valence-corrected chi connectivity index (χ3v) is 3.06. The largest absolute Gasteiger partial charge is 0.494 e. The molecule has 0 saturated heterocycles. The average Bonchev–Trinajstić information content (AvgIpc) is 2.42. The van der Waals surface area contributed by atoms with Crippen LogP contribution in [0.3, 0.4) is 0 Å². The van der Waals surface area contributed by atoms with Gasteiger partial charge in [-0.15, -0.1) is 0 Å². The van der Waals surface area contributed by atoms with Gasteiger partial charge in [0.25, 0.3) is 0 Å². The molecule has 0 unspecified atom stereocenters. The molecule has 2 aromatic rings. The van der Waals surface area contributed by atoms with E-state index in [-0.39, 0.29) is 5.78 Å². The molecule has 2 aromatic carbocycles. The summed E-state index contributed by atoms with van der Waals surface area (Å²) >= 11 is 0. The average molecular weight is 269 g/mol. The lowest BCUT2D eigenvalue weighted by molar-refractivity contribution is 0.101. The molecule has 0 aliphatic rings. The molecule has 0 amide bonds. The predicted molar refractivity (Wildman–Crippen MR) is 82.1 cm³/mol. The van der Waals surface area contributed by atoms with Crippen LogP contribution in [-0.4, -0.2) is 12.4 Å². The molecule has 20 heavy (non-hydrogen) atoms. The van der Waals surface area contributed by atoms with Crippen LogP contribution in [0.25, 0.3) is 0 Å². The van der Waals surface area contributed by atoms with Gasteiger partial charge in [-0.05, 0) is 56.7 Å². The molecular formula is C17H19NO2. The molecule has 0 saturated carbocycles. The van der Waals surface area contributed by atoms with Crippen LogP contribution in [0, 0.1) is 6.92 Å². The van der Waals surface area contributed by atoms with Gasteiger partial charge in [0.15, 0.2) is 5.78 Å². The number of Topliss-reactive ketones (excluding diaryl/α,β-unsaturated/α-hetero) is 1. The van der Waals surface area contributed by atoms with E-state index in [1.165, 1.54) is 0 Å². The van der Waals surface area contributed by atoms with Crippen molar-refractivity contribution in [2.24, 2.45) is 0 Å². The Morgan fingerprint density at radius 3 is 2.65 bits per heavy atom. The molecule has 0 heterocycles. The summed E-state index contributed by atoms with van der Waals surface area (Å²) in [7, 11) is 0. The SMILES string of the molecule is CCOc1ccc(Nc2cccc(C(C)=O)c2)c(C)c1. The lowest BCUT2D eigenvalue weighted by atomic mass is 10.1. The van der Waals surface area contributed by atoms with Gasteiger partial charge in [-0.3, -0.25) is 4.79 Å². The highest BCUT2D eigenvalue weighted by Gasteiger charge is 2.04. The van der Waals surface area contributed by atoms with Gasteiger partial charge < -0.3 is 10.1 Å². The number of anilines is 2. The Morgan fingerprint density at radius 2 is 2.00 bits per heavy atom. The van der Waals surface area contributed by atoms with Crippen molar-refractivity contribution >= 4 is 17.2 Å². The molecule has 3 heteroatoms. The summed E-state index contributed by atoms with van der Waals surface area (Å²) in [6, 6.07) is 13.4. The van der Waals surface area contributed by atoms with E-state index < -0.39 is 0 Å². The molecule has 0 atom stereocenters. The summed E-state index contributed by atoms with van der Waals surface area (Å²) in [6.45, 7) is 6.22. The first-order valence-corrected chi connectivity index (χ1v) is 6.71. The number of ketones is 1. The zero-order valence-corrected chi connectivity index (χ0v) is 12.1. The summed E-state index contributed by atoms with van der Waals surface area (Å²) in [5.74, 6) is 0.935. The van der Waals surface area contributed by atoms with Crippen LogP contribution in [0.15, 0.2) is 42.5 Å². The highest BCUT2D eigenvalue weighted by atomic mass is 16.5. The molecule has 0 spiro atoms. The minimum atomic E-state index is 0.0667. The second-order valence-corrected chi connectivity index (χ2v) is 4.67. The van der Waals surface area contributed by atoms with E-state index in [1.54, 1.807) is 6.92 Å². The van der Waals surface area contributed by atoms with E-state index in [9.17, 15) is 4.79 Å². The van der Waals surface area contributed by atoms with E-state index in [1.807, 2.05) is 56.3 Å². The summed E-state index contributed by atoms with van der Waals surface area (Å²) in [6.07, 6.45) is 0. The van der Waals surface area contributed by atoms with Gasteiger partial charge in [0, 0.05) is 16.9 Å². The molecule has 3 nitrogen and oxygen atoms in total. The Balaban J connectivity index is 2.21. The van der Waals surface area contributed by atoms with Crippen LogP contribution in [0.4, 0.5) is 11.4 Å². The van der Waals surface area contributed by atoms with Crippen LogP contribution in [0.1, 0.15) is 29.8 Å². The zero-order chi connectivity index (χ0) is 14.5. The van der Waals surface area contributed by atoms with Crippen molar-refractivity contribution in [1.82, 2.24) is 0 Å². The minimum Gasteiger partial charge on any atom is -0.494 e. The van der Waals surface area contributed by atoms with Crippen LogP contribution >= 0.6 is 0 Å². The third kappa shape index (κ3) is 3.38. The number of carbonyl (C=O) groups is 1. The maximum absolute atomic E-state index is 11.4. The van der Waals surface area contributed by atoms with Gasteiger partial charge >= 0.3 is 0 Å². The van der Waals surface area contributed by atoms with Crippen LogP contribution in [-0.2, 0) is 0 Å². The van der Waals surface area contributed by atoms with Crippen molar-refractivity contribution in [1.29, 1.82) is 0 Å². The highest BCUT2D eigenvalue weighted by molar-refractivity contribution is 5.95. The fraction of sp³-hybridized carbons (Fsp3) is 0.235. The van der Waals surface area contributed by atoms with Crippen LogP contribution in [0.2, 0.25) is 0 Å². The maximum Gasteiger partial charge on any atom is 0.159 e. The lowest BCUT2D eigenvalue weighted by Gasteiger charge is -2.12. The van der Waals surface area contributed by atoms with Gasteiger partial charge in [-0.2, -0.15) is 0 Å². The standard InChI is InChI=1S/C17H19NO2/c1-4-20-16-8-9-17(12(2)10-16)18-15-7-5-6-14(11-15)13(3)19/h5-11,18H,4H2,1-3H3. The van der Waals surface area contributed by atoms with Gasteiger partial charge in [-0.25, -0.2) is 0 Å². The van der Waals surface area contributed by atoms with Gasteiger partial charge in [0.05, 0.1) is 6.61 Å². The molecular weight excluding hydrogens is 250 g/mol. The number of rotatable bonds is 5. The number of hydrogen-bond acceptors (Lipinski definition) is 3. The minimum absolute atomic E-state index is 0.0667. The Bertz CT molecular complexity index is 620. The summed E-state index contributed by atoms with van der Waals surface area (Å²) in [5.41, 5.74) is 3.72. The smallest absolute Gasteiger partial charge is 0.159 e.